The molecule has 0 aliphatic heterocycles. The zero-order chi connectivity index (χ0) is 19.7. The van der Waals surface area contributed by atoms with E-state index < -0.39 is 46.6 Å². The lowest BCUT2D eigenvalue weighted by molar-refractivity contribution is -0.143. The predicted molar refractivity (Wildman–Crippen MR) is 75.0 cm³/mol. The summed E-state index contributed by atoms with van der Waals surface area (Å²) in [7, 11) is 0. The summed E-state index contributed by atoms with van der Waals surface area (Å²) in [5.74, 6) is -1.70. The molecule has 6 nitrogen and oxygen atoms in total. The van der Waals surface area contributed by atoms with Crippen LogP contribution in [-0.2, 0) is 12.4 Å². The fourth-order valence-corrected chi connectivity index (χ4v) is 1.87. The molecule has 2 rings (SSSR count). The number of nitrogens with two attached hydrogens (primary N) is 1. The Morgan fingerprint density at radius 1 is 1.08 bits per heavy atom. The summed E-state index contributed by atoms with van der Waals surface area (Å²) < 4.78 is 77.2. The van der Waals surface area contributed by atoms with Crippen LogP contribution in [0.2, 0.25) is 0 Å². The van der Waals surface area contributed by atoms with Gasteiger partial charge in [-0.25, -0.2) is 9.97 Å². The highest BCUT2D eigenvalue weighted by molar-refractivity contribution is 5.96. The number of anilines is 2. The summed E-state index contributed by atoms with van der Waals surface area (Å²) >= 11 is 0. The highest BCUT2D eigenvalue weighted by Gasteiger charge is 2.37. The third-order valence-electron chi connectivity index (χ3n) is 2.97. The normalized spacial score (nSPS) is 11.7. The lowest BCUT2D eigenvalue weighted by atomic mass is 10.1. The Balaban J connectivity index is 2.60. The summed E-state index contributed by atoms with van der Waals surface area (Å²) in [5, 5.41) is 10.9. The highest BCUT2D eigenvalue weighted by atomic mass is 19.4. The van der Waals surface area contributed by atoms with E-state index in [1.54, 1.807) is 6.07 Å². The molecule has 12 heteroatoms. The van der Waals surface area contributed by atoms with Crippen LogP contribution in [0.15, 0.2) is 24.4 Å². The van der Waals surface area contributed by atoms with Gasteiger partial charge >= 0.3 is 12.4 Å². The van der Waals surface area contributed by atoms with Gasteiger partial charge in [-0.1, -0.05) is 0 Å². The number of nitrogens with one attached hydrogen (secondary N) is 1. The Bertz CT molecular complexity index is 868. The van der Waals surface area contributed by atoms with E-state index in [9.17, 15) is 31.1 Å². The summed E-state index contributed by atoms with van der Waals surface area (Å²) in [6, 6.07) is 2.29. The van der Waals surface area contributed by atoms with Gasteiger partial charge in [0, 0.05) is 5.69 Å². The molecular formula is C14H7F6N5O. The van der Waals surface area contributed by atoms with Crippen molar-refractivity contribution in [3.63, 3.8) is 0 Å². The largest absolute Gasteiger partial charge is 0.416 e. The molecule has 0 aliphatic rings. The number of benzene rings is 1. The topological polar surface area (TPSA) is 105 Å². The standard InChI is InChI=1S/C14H7F6N5O/c15-13(16,17)6-1-7(14(18,19)20)3-8(2-6)24-12-10(11(22)26)23-5-9(4-21)25-12/h1-3,5H,(H2,22,26)(H,24,25). The second-order valence-corrected chi connectivity index (χ2v) is 4.85. The van der Waals surface area contributed by atoms with Gasteiger partial charge in [0.2, 0.25) is 0 Å². The Hall–Kier alpha value is -3.36. The maximum atomic E-state index is 12.9. The number of amides is 1. The highest BCUT2D eigenvalue weighted by Crippen LogP contribution is 2.38. The van der Waals surface area contributed by atoms with E-state index in [0.29, 0.717) is 12.1 Å². The number of hydrogen-bond donors (Lipinski definition) is 2. The average molecular weight is 375 g/mol. The minimum absolute atomic E-state index is 0.0580. The molecule has 1 heterocycles. The number of carbonyl (C=O) groups excluding carboxylic acids is 1. The van der Waals surface area contributed by atoms with Gasteiger partial charge < -0.3 is 11.1 Å². The molecule has 0 saturated carbocycles. The first-order valence-corrected chi connectivity index (χ1v) is 6.55. The first-order valence-electron chi connectivity index (χ1n) is 6.55. The van der Waals surface area contributed by atoms with E-state index >= 15 is 0 Å². The van der Waals surface area contributed by atoms with Gasteiger partial charge in [-0.2, -0.15) is 31.6 Å². The van der Waals surface area contributed by atoms with Crippen molar-refractivity contribution >= 4 is 17.4 Å². The number of alkyl halides is 6. The molecule has 0 atom stereocenters. The molecular weight excluding hydrogens is 368 g/mol. The van der Waals surface area contributed by atoms with Gasteiger partial charge in [0.25, 0.3) is 5.91 Å². The number of nitrogens with zero attached hydrogens (tertiary/aromatic N) is 3. The van der Waals surface area contributed by atoms with Crippen molar-refractivity contribution in [1.82, 2.24) is 9.97 Å². The van der Waals surface area contributed by atoms with Crippen LogP contribution < -0.4 is 11.1 Å². The fraction of sp³-hybridized carbons (Fsp3) is 0.143. The van der Waals surface area contributed by atoms with Crippen LogP contribution in [0.1, 0.15) is 27.3 Å². The van der Waals surface area contributed by atoms with E-state index in [1.807, 2.05) is 0 Å². The van der Waals surface area contributed by atoms with Crippen molar-refractivity contribution in [2.24, 2.45) is 5.73 Å². The molecule has 1 aromatic carbocycles. The Morgan fingerprint density at radius 3 is 2.04 bits per heavy atom. The number of primary amides is 1. The lowest BCUT2D eigenvalue weighted by Crippen LogP contribution is -2.17. The van der Waals surface area contributed by atoms with Crippen LogP contribution in [0.3, 0.4) is 0 Å². The summed E-state index contributed by atoms with van der Waals surface area (Å²) in [5.41, 5.74) is 0.334. The molecule has 1 aromatic heterocycles. The van der Waals surface area contributed by atoms with Crippen molar-refractivity contribution < 1.29 is 31.1 Å². The van der Waals surface area contributed by atoms with Crippen molar-refractivity contribution in [3.05, 3.63) is 46.9 Å². The first-order chi connectivity index (χ1) is 11.9. The Labute approximate surface area is 141 Å². The monoisotopic (exact) mass is 375 g/mol. The SMILES string of the molecule is N#Cc1cnc(C(N)=O)c(Nc2cc(C(F)(F)F)cc(C(F)(F)F)c2)n1. The third kappa shape index (κ3) is 4.18. The molecule has 26 heavy (non-hydrogen) atoms. The van der Waals surface area contributed by atoms with Gasteiger partial charge in [-0.05, 0) is 18.2 Å². The van der Waals surface area contributed by atoms with Crippen molar-refractivity contribution in [2.75, 3.05) is 5.32 Å². The van der Waals surface area contributed by atoms with Crippen molar-refractivity contribution in [2.45, 2.75) is 12.4 Å². The molecule has 0 spiro atoms. The number of aromatic nitrogens is 2. The van der Waals surface area contributed by atoms with E-state index in [0.717, 1.165) is 6.20 Å². The van der Waals surface area contributed by atoms with Crippen molar-refractivity contribution in [3.8, 4) is 6.07 Å². The molecule has 2 aromatic rings. The van der Waals surface area contributed by atoms with Crippen LogP contribution in [0.25, 0.3) is 0 Å². The van der Waals surface area contributed by atoms with Crippen LogP contribution in [0.4, 0.5) is 37.8 Å². The molecule has 0 saturated heterocycles. The smallest absolute Gasteiger partial charge is 0.364 e. The molecule has 3 N–H and O–H groups in total. The molecule has 1 amide bonds. The summed E-state index contributed by atoms with van der Waals surface area (Å²) in [6.07, 6.45) is -9.23. The maximum absolute atomic E-state index is 12.9. The summed E-state index contributed by atoms with van der Waals surface area (Å²) in [6.45, 7) is 0. The van der Waals surface area contributed by atoms with Gasteiger partial charge in [0.1, 0.15) is 6.07 Å². The summed E-state index contributed by atoms with van der Waals surface area (Å²) in [4.78, 5) is 18.4. The van der Waals surface area contributed by atoms with E-state index in [2.05, 4.69) is 15.3 Å². The second-order valence-electron chi connectivity index (χ2n) is 4.85. The lowest BCUT2D eigenvalue weighted by Gasteiger charge is -2.15. The predicted octanol–water partition coefficient (Wildman–Crippen LogP) is 3.23. The Morgan fingerprint density at radius 2 is 1.62 bits per heavy atom. The minimum Gasteiger partial charge on any atom is -0.364 e. The quantitative estimate of drug-likeness (QED) is 0.802. The second kappa shape index (κ2) is 6.51. The van der Waals surface area contributed by atoms with Crippen LogP contribution in [0.5, 0.6) is 0 Å². The maximum Gasteiger partial charge on any atom is 0.416 e. The number of hydrogen-bond acceptors (Lipinski definition) is 5. The third-order valence-corrected chi connectivity index (χ3v) is 2.97. The van der Waals surface area contributed by atoms with E-state index in [-0.39, 0.29) is 11.8 Å². The molecule has 0 fully saturated rings. The number of rotatable bonds is 3. The molecule has 0 radical (unpaired) electrons. The number of halogens is 6. The zero-order valence-electron chi connectivity index (χ0n) is 12.4. The number of carbonyl (C=O) groups is 1. The molecule has 0 bridgehead atoms. The van der Waals surface area contributed by atoms with E-state index in [4.69, 9.17) is 11.0 Å². The average Bonchev–Trinajstić information content (AvgIpc) is 2.52. The minimum atomic E-state index is -5.05. The molecule has 0 unspecified atom stereocenters. The molecule has 136 valence electrons. The zero-order valence-corrected chi connectivity index (χ0v) is 12.4. The van der Waals surface area contributed by atoms with Gasteiger partial charge in [-0.3, -0.25) is 4.79 Å². The molecule has 0 aliphatic carbocycles. The van der Waals surface area contributed by atoms with Crippen LogP contribution >= 0.6 is 0 Å². The van der Waals surface area contributed by atoms with Crippen LogP contribution in [-0.4, -0.2) is 15.9 Å². The Kier molecular flexibility index (Phi) is 4.75. The van der Waals surface area contributed by atoms with E-state index in [1.165, 1.54) is 0 Å². The van der Waals surface area contributed by atoms with Gasteiger partial charge in [-0.15, -0.1) is 0 Å². The van der Waals surface area contributed by atoms with Crippen molar-refractivity contribution in [1.29, 1.82) is 5.26 Å². The van der Waals surface area contributed by atoms with Crippen LogP contribution in [0, 0.1) is 11.3 Å². The fourth-order valence-electron chi connectivity index (χ4n) is 1.87. The first kappa shape index (κ1) is 19.0. The number of nitriles is 1. The van der Waals surface area contributed by atoms with Gasteiger partial charge in [0.05, 0.1) is 17.3 Å². The van der Waals surface area contributed by atoms with Gasteiger partial charge in [0.15, 0.2) is 17.2 Å².